The maximum Gasteiger partial charge on any atom is 0.255 e. The molecule has 0 radical (unpaired) electrons. The van der Waals surface area contributed by atoms with Gasteiger partial charge in [-0.05, 0) is 73.2 Å². The van der Waals surface area contributed by atoms with Crippen LogP contribution in [0.1, 0.15) is 57.5 Å². The number of Topliss-reactive ketones (excluding diaryl/α,β-unsaturated/α-hetero) is 1. The minimum absolute atomic E-state index is 0.0163. The summed E-state index contributed by atoms with van der Waals surface area (Å²) >= 11 is 0. The van der Waals surface area contributed by atoms with Crippen LogP contribution in [-0.4, -0.2) is 17.6 Å². The molecule has 0 unspecified atom stereocenters. The zero-order valence-electron chi connectivity index (χ0n) is 17.9. The van der Waals surface area contributed by atoms with Crippen molar-refractivity contribution in [3.8, 4) is 0 Å². The summed E-state index contributed by atoms with van der Waals surface area (Å²) in [4.78, 5) is 37.3. The van der Waals surface area contributed by atoms with E-state index in [2.05, 4.69) is 16.7 Å². The molecular weight excluding hydrogens is 400 g/mol. The number of anilines is 2. The van der Waals surface area contributed by atoms with Crippen LogP contribution in [0.25, 0.3) is 0 Å². The number of carbonyl (C=O) groups excluding carboxylic acids is 3. The van der Waals surface area contributed by atoms with Gasteiger partial charge in [0.1, 0.15) is 0 Å². The minimum Gasteiger partial charge on any atom is -0.326 e. The quantitative estimate of drug-likeness (QED) is 0.496. The molecule has 1 aliphatic carbocycles. The lowest BCUT2D eigenvalue weighted by Crippen LogP contribution is -2.15. The first-order valence-corrected chi connectivity index (χ1v) is 11.0. The third-order valence-corrected chi connectivity index (χ3v) is 5.69. The molecule has 32 heavy (non-hydrogen) atoms. The zero-order chi connectivity index (χ0) is 22.3. The van der Waals surface area contributed by atoms with Crippen molar-refractivity contribution in [2.24, 2.45) is 0 Å². The molecule has 0 fully saturated rings. The van der Waals surface area contributed by atoms with Gasteiger partial charge in [0.05, 0.1) is 0 Å². The van der Waals surface area contributed by atoms with Crippen molar-refractivity contribution in [1.82, 2.24) is 0 Å². The number of carbonyl (C=O) groups is 3. The Morgan fingerprint density at radius 2 is 1.38 bits per heavy atom. The van der Waals surface area contributed by atoms with Crippen molar-refractivity contribution in [1.29, 1.82) is 0 Å². The van der Waals surface area contributed by atoms with E-state index < -0.39 is 0 Å². The average molecular weight is 427 g/mol. The average Bonchev–Trinajstić information content (AvgIpc) is 2.83. The summed E-state index contributed by atoms with van der Waals surface area (Å²) in [5.74, 6) is -0.468. The van der Waals surface area contributed by atoms with E-state index in [9.17, 15) is 14.4 Å². The molecule has 2 N–H and O–H groups in total. The summed E-state index contributed by atoms with van der Waals surface area (Å²) in [7, 11) is 0. The summed E-state index contributed by atoms with van der Waals surface area (Å²) in [6, 6.07) is 21.8. The molecule has 0 atom stereocenters. The van der Waals surface area contributed by atoms with Crippen molar-refractivity contribution in [2.75, 3.05) is 10.6 Å². The molecule has 0 saturated carbocycles. The maximum atomic E-state index is 12.6. The highest BCUT2D eigenvalue weighted by molar-refractivity contribution is 6.05. The number of amides is 2. The smallest absolute Gasteiger partial charge is 0.255 e. The van der Waals surface area contributed by atoms with E-state index in [4.69, 9.17) is 0 Å². The Bertz CT molecular complexity index is 1140. The molecule has 5 nitrogen and oxygen atoms in total. The van der Waals surface area contributed by atoms with Gasteiger partial charge in [-0.1, -0.05) is 36.4 Å². The van der Waals surface area contributed by atoms with Gasteiger partial charge in [0.15, 0.2) is 5.78 Å². The van der Waals surface area contributed by atoms with Crippen LogP contribution in [0.4, 0.5) is 11.4 Å². The van der Waals surface area contributed by atoms with Crippen LogP contribution in [0.15, 0.2) is 72.8 Å². The zero-order valence-corrected chi connectivity index (χ0v) is 17.9. The van der Waals surface area contributed by atoms with Crippen LogP contribution in [0.3, 0.4) is 0 Å². The Hall–Kier alpha value is -3.73. The Balaban J connectivity index is 1.31. The molecule has 2 amide bonds. The highest BCUT2D eigenvalue weighted by Crippen LogP contribution is 2.23. The predicted molar refractivity (Wildman–Crippen MR) is 126 cm³/mol. The molecule has 0 aromatic heterocycles. The normalized spacial score (nSPS) is 12.5. The third-order valence-electron chi connectivity index (χ3n) is 5.69. The van der Waals surface area contributed by atoms with E-state index in [-0.39, 0.29) is 30.4 Å². The van der Waals surface area contributed by atoms with Crippen LogP contribution in [0.2, 0.25) is 0 Å². The first kappa shape index (κ1) is 21.5. The SMILES string of the molecule is O=C(CCC(=O)c1ccc2c(c1)CCCC2)Nc1cccc(NC(=O)c2ccccc2)c1. The second kappa shape index (κ2) is 10.1. The van der Waals surface area contributed by atoms with Gasteiger partial charge in [0.25, 0.3) is 5.91 Å². The molecule has 1 aliphatic rings. The molecule has 0 bridgehead atoms. The third kappa shape index (κ3) is 5.49. The fraction of sp³-hybridized carbons (Fsp3) is 0.222. The van der Waals surface area contributed by atoms with Crippen LogP contribution >= 0.6 is 0 Å². The van der Waals surface area contributed by atoms with Crippen LogP contribution < -0.4 is 10.6 Å². The van der Waals surface area contributed by atoms with E-state index in [1.165, 1.54) is 17.5 Å². The van der Waals surface area contributed by atoms with Gasteiger partial charge in [-0.2, -0.15) is 0 Å². The number of rotatable bonds is 7. The number of ketones is 1. The number of aryl methyl sites for hydroxylation is 2. The Morgan fingerprint density at radius 3 is 2.16 bits per heavy atom. The van der Waals surface area contributed by atoms with E-state index in [1.807, 2.05) is 18.2 Å². The van der Waals surface area contributed by atoms with Gasteiger partial charge < -0.3 is 10.6 Å². The molecule has 5 heteroatoms. The molecule has 0 saturated heterocycles. The molecule has 3 aromatic carbocycles. The molecule has 0 heterocycles. The molecule has 0 spiro atoms. The fourth-order valence-corrected chi connectivity index (χ4v) is 3.97. The molecule has 0 aliphatic heterocycles. The minimum atomic E-state index is -0.233. The highest BCUT2D eigenvalue weighted by Gasteiger charge is 2.14. The lowest BCUT2D eigenvalue weighted by Gasteiger charge is -2.16. The van der Waals surface area contributed by atoms with Crippen molar-refractivity contribution in [3.63, 3.8) is 0 Å². The molecule has 4 rings (SSSR count). The number of benzene rings is 3. The van der Waals surface area contributed by atoms with Crippen molar-refractivity contribution in [3.05, 3.63) is 95.1 Å². The summed E-state index contributed by atoms with van der Waals surface area (Å²) in [5, 5.41) is 5.63. The number of hydrogen-bond acceptors (Lipinski definition) is 3. The monoisotopic (exact) mass is 426 g/mol. The molecule has 3 aromatic rings. The first-order valence-electron chi connectivity index (χ1n) is 11.0. The predicted octanol–water partition coefficient (Wildman–Crippen LogP) is 5.42. The highest BCUT2D eigenvalue weighted by atomic mass is 16.2. The van der Waals surface area contributed by atoms with Gasteiger partial charge >= 0.3 is 0 Å². The summed E-state index contributed by atoms with van der Waals surface area (Å²) < 4.78 is 0. The molecule has 162 valence electrons. The van der Waals surface area contributed by atoms with E-state index >= 15 is 0 Å². The Labute approximate surface area is 187 Å². The first-order chi connectivity index (χ1) is 15.6. The standard InChI is InChI=1S/C27H26N2O3/c30-25(22-14-13-19-7-4-5-10-21(19)17-22)15-16-26(31)28-23-11-6-12-24(18-23)29-27(32)20-8-2-1-3-9-20/h1-3,6,8-9,11-14,17-18H,4-5,7,10,15-16H2,(H,28,31)(H,29,32). The van der Waals surface area contributed by atoms with Gasteiger partial charge in [-0.15, -0.1) is 0 Å². The van der Waals surface area contributed by atoms with E-state index in [0.29, 0.717) is 22.5 Å². The fourth-order valence-electron chi connectivity index (χ4n) is 3.97. The Morgan fingerprint density at radius 1 is 0.656 bits per heavy atom. The number of hydrogen-bond donors (Lipinski definition) is 2. The maximum absolute atomic E-state index is 12.6. The van der Waals surface area contributed by atoms with Gasteiger partial charge in [0, 0.05) is 35.3 Å². The number of nitrogens with one attached hydrogen (secondary N) is 2. The van der Waals surface area contributed by atoms with Crippen LogP contribution in [0.5, 0.6) is 0 Å². The lowest BCUT2D eigenvalue weighted by atomic mass is 9.89. The van der Waals surface area contributed by atoms with E-state index in [0.717, 1.165) is 19.3 Å². The van der Waals surface area contributed by atoms with Crippen LogP contribution in [0, 0.1) is 0 Å². The van der Waals surface area contributed by atoms with Crippen molar-refractivity contribution in [2.45, 2.75) is 38.5 Å². The summed E-state index contributed by atoms with van der Waals surface area (Å²) in [6.07, 6.45) is 4.74. The largest absolute Gasteiger partial charge is 0.326 e. The van der Waals surface area contributed by atoms with Gasteiger partial charge in [-0.25, -0.2) is 0 Å². The number of fused-ring (bicyclic) bond motifs is 1. The van der Waals surface area contributed by atoms with E-state index in [1.54, 1.807) is 48.5 Å². The topological polar surface area (TPSA) is 75.3 Å². The van der Waals surface area contributed by atoms with Crippen molar-refractivity contribution >= 4 is 29.0 Å². The molecular formula is C27H26N2O3. The second-order valence-corrected chi connectivity index (χ2v) is 8.06. The Kier molecular flexibility index (Phi) is 6.75. The lowest BCUT2D eigenvalue weighted by molar-refractivity contribution is -0.116. The van der Waals surface area contributed by atoms with Crippen molar-refractivity contribution < 1.29 is 14.4 Å². The van der Waals surface area contributed by atoms with Gasteiger partial charge in [-0.3, -0.25) is 14.4 Å². The summed E-state index contributed by atoms with van der Waals surface area (Å²) in [5.41, 5.74) is 5.00. The van der Waals surface area contributed by atoms with Gasteiger partial charge in [0.2, 0.25) is 5.91 Å². The van der Waals surface area contributed by atoms with Crippen LogP contribution in [-0.2, 0) is 17.6 Å². The summed E-state index contributed by atoms with van der Waals surface area (Å²) in [6.45, 7) is 0. The second-order valence-electron chi connectivity index (χ2n) is 8.06.